The summed E-state index contributed by atoms with van der Waals surface area (Å²) in [6.07, 6.45) is 1.53. The standard InChI is InChI=1S/C12H9F2NO/c1-16-12-9(5-3-7-15-12)8-4-2-6-10(13)11(8)14/h2-7H,1H3. The summed E-state index contributed by atoms with van der Waals surface area (Å²) in [5.74, 6) is -1.51. The van der Waals surface area contributed by atoms with Crippen LogP contribution < -0.4 is 4.74 Å². The minimum Gasteiger partial charge on any atom is -0.481 e. The molecule has 0 atom stereocenters. The van der Waals surface area contributed by atoms with E-state index in [0.717, 1.165) is 6.07 Å². The molecule has 0 amide bonds. The Balaban J connectivity index is 2.63. The fourth-order valence-electron chi connectivity index (χ4n) is 1.47. The summed E-state index contributed by atoms with van der Waals surface area (Å²) >= 11 is 0. The van der Waals surface area contributed by atoms with Gasteiger partial charge in [0.2, 0.25) is 5.88 Å². The maximum absolute atomic E-state index is 13.5. The second kappa shape index (κ2) is 4.26. The van der Waals surface area contributed by atoms with Gasteiger partial charge in [-0.05, 0) is 18.2 Å². The molecular formula is C12H9F2NO. The summed E-state index contributed by atoms with van der Waals surface area (Å²) in [5.41, 5.74) is 0.576. The molecule has 0 N–H and O–H groups in total. The van der Waals surface area contributed by atoms with Gasteiger partial charge in [-0.2, -0.15) is 0 Å². The summed E-state index contributed by atoms with van der Waals surface area (Å²) in [6, 6.07) is 7.27. The van der Waals surface area contributed by atoms with E-state index in [1.54, 1.807) is 12.1 Å². The van der Waals surface area contributed by atoms with Crippen molar-refractivity contribution in [3.63, 3.8) is 0 Å². The lowest BCUT2D eigenvalue weighted by Crippen LogP contribution is -1.94. The van der Waals surface area contributed by atoms with Crippen molar-refractivity contribution in [3.8, 4) is 17.0 Å². The third-order valence-corrected chi connectivity index (χ3v) is 2.21. The summed E-state index contributed by atoms with van der Waals surface area (Å²) in [4.78, 5) is 3.93. The van der Waals surface area contributed by atoms with E-state index >= 15 is 0 Å². The molecule has 1 aromatic heterocycles. The van der Waals surface area contributed by atoms with E-state index in [4.69, 9.17) is 4.74 Å². The molecule has 4 heteroatoms. The quantitative estimate of drug-likeness (QED) is 0.777. The molecule has 0 unspecified atom stereocenters. The lowest BCUT2D eigenvalue weighted by atomic mass is 10.1. The van der Waals surface area contributed by atoms with Gasteiger partial charge in [-0.3, -0.25) is 0 Å². The number of rotatable bonds is 2. The highest BCUT2D eigenvalue weighted by Crippen LogP contribution is 2.30. The highest BCUT2D eigenvalue weighted by molar-refractivity contribution is 5.68. The molecule has 2 rings (SSSR count). The van der Waals surface area contributed by atoms with E-state index in [9.17, 15) is 8.78 Å². The summed E-state index contributed by atoms with van der Waals surface area (Å²) in [6.45, 7) is 0. The van der Waals surface area contributed by atoms with E-state index in [-0.39, 0.29) is 11.4 Å². The van der Waals surface area contributed by atoms with Crippen molar-refractivity contribution in [1.29, 1.82) is 0 Å². The molecule has 1 heterocycles. The van der Waals surface area contributed by atoms with Crippen molar-refractivity contribution in [2.45, 2.75) is 0 Å². The van der Waals surface area contributed by atoms with Gasteiger partial charge >= 0.3 is 0 Å². The second-order valence-electron chi connectivity index (χ2n) is 3.16. The van der Waals surface area contributed by atoms with Crippen molar-refractivity contribution in [2.24, 2.45) is 0 Å². The lowest BCUT2D eigenvalue weighted by molar-refractivity contribution is 0.399. The number of methoxy groups -OCH3 is 1. The largest absolute Gasteiger partial charge is 0.481 e. The van der Waals surface area contributed by atoms with Crippen LogP contribution in [0.15, 0.2) is 36.5 Å². The third-order valence-electron chi connectivity index (χ3n) is 2.21. The van der Waals surface area contributed by atoms with Crippen LogP contribution in [0.5, 0.6) is 5.88 Å². The molecule has 0 bridgehead atoms. The predicted molar refractivity (Wildman–Crippen MR) is 56.1 cm³/mol. The molecule has 0 aliphatic carbocycles. The van der Waals surface area contributed by atoms with Crippen LogP contribution in [0, 0.1) is 11.6 Å². The number of pyridine rings is 1. The van der Waals surface area contributed by atoms with E-state index in [1.807, 2.05) is 0 Å². The Kier molecular flexibility index (Phi) is 2.81. The van der Waals surface area contributed by atoms with Crippen LogP contribution in [0.3, 0.4) is 0 Å². The van der Waals surface area contributed by atoms with Crippen molar-refractivity contribution >= 4 is 0 Å². The highest BCUT2D eigenvalue weighted by Gasteiger charge is 2.13. The zero-order valence-corrected chi connectivity index (χ0v) is 8.58. The second-order valence-corrected chi connectivity index (χ2v) is 3.16. The zero-order valence-electron chi connectivity index (χ0n) is 8.58. The van der Waals surface area contributed by atoms with Gasteiger partial charge in [0.25, 0.3) is 0 Å². The van der Waals surface area contributed by atoms with Crippen LogP contribution in [0.25, 0.3) is 11.1 Å². The Bertz CT molecular complexity index is 514. The molecule has 2 nitrogen and oxygen atoms in total. The molecule has 16 heavy (non-hydrogen) atoms. The van der Waals surface area contributed by atoms with Crippen molar-refractivity contribution < 1.29 is 13.5 Å². The predicted octanol–water partition coefficient (Wildman–Crippen LogP) is 3.04. The number of hydrogen-bond donors (Lipinski definition) is 0. The highest BCUT2D eigenvalue weighted by atomic mass is 19.2. The molecule has 0 aliphatic heterocycles. The zero-order chi connectivity index (χ0) is 11.5. The van der Waals surface area contributed by atoms with Crippen LogP contribution in [0.2, 0.25) is 0 Å². The van der Waals surface area contributed by atoms with Crippen LogP contribution in [0.1, 0.15) is 0 Å². The normalized spacial score (nSPS) is 10.2. The molecule has 82 valence electrons. The smallest absolute Gasteiger partial charge is 0.221 e. The first-order chi connectivity index (χ1) is 7.74. The number of hydrogen-bond acceptors (Lipinski definition) is 2. The average molecular weight is 221 g/mol. The molecule has 0 radical (unpaired) electrons. The van der Waals surface area contributed by atoms with Gasteiger partial charge in [0.05, 0.1) is 7.11 Å². The van der Waals surface area contributed by atoms with Gasteiger partial charge in [0.15, 0.2) is 11.6 Å². The topological polar surface area (TPSA) is 22.1 Å². The molecule has 0 saturated carbocycles. The minimum absolute atomic E-state index is 0.143. The first-order valence-electron chi connectivity index (χ1n) is 4.67. The van der Waals surface area contributed by atoms with Crippen LogP contribution in [-0.4, -0.2) is 12.1 Å². The first-order valence-corrected chi connectivity index (χ1v) is 4.67. The number of nitrogens with zero attached hydrogens (tertiary/aromatic N) is 1. The van der Waals surface area contributed by atoms with Crippen LogP contribution in [-0.2, 0) is 0 Å². The SMILES string of the molecule is COc1ncccc1-c1cccc(F)c1F. The van der Waals surface area contributed by atoms with Gasteiger partial charge < -0.3 is 4.74 Å². The third kappa shape index (κ3) is 1.74. The number of aromatic nitrogens is 1. The molecule has 1 aromatic carbocycles. The maximum Gasteiger partial charge on any atom is 0.221 e. The Hall–Kier alpha value is -1.97. The minimum atomic E-state index is -0.895. The Morgan fingerprint density at radius 1 is 1.06 bits per heavy atom. The fourth-order valence-corrected chi connectivity index (χ4v) is 1.47. The number of ether oxygens (including phenoxy) is 1. The Labute approximate surface area is 91.5 Å². The fraction of sp³-hybridized carbons (Fsp3) is 0.0833. The first kappa shape index (κ1) is 10.5. The van der Waals surface area contributed by atoms with E-state index in [1.165, 1.54) is 25.4 Å². The summed E-state index contributed by atoms with van der Waals surface area (Å²) in [5, 5.41) is 0. The van der Waals surface area contributed by atoms with Crippen molar-refractivity contribution in [2.75, 3.05) is 7.11 Å². The van der Waals surface area contributed by atoms with E-state index < -0.39 is 11.6 Å². The van der Waals surface area contributed by atoms with Crippen molar-refractivity contribution in [1.82, 2.24) is 4.98 Å². The number of benzene rings is 1. The van der Waals surface area contributed by atoms with Gasteiger partial charge in [-0.1, -0.05) is 12.1 Å². The van der Waals surface area contributed by atoms with Gasteiger partial charge in [0.1, 0.15) is 0 Å². The number of halogens is 2. The summed E-state index contributed by atoms with van der Waals surface area (Å²) in [7, 11) is 1.43. The lowest BCUT2D eigenvalue weighted by Gasteiger charge is -2.07. The van der Waals surface area contributed by atoms with E-state index in [2.05, 4.69) is 4.98 Å². The van der Waals surface area contributed by atoms with Gasteiger partial charge in [-0.25, -0.2) is 13.8 Å². The average Bonchev–Trinajstić information content (AvgIpc) is 2.33. The van der Waals surface area contributed by atoms with Crippen LogP contribution >= 0.6 is 0 Å². The molecule has 2 aromatic rings. The molecular weight excluding hydrogens is 212 g/mol. The molecule has 0 spiro atoms. The molecule has 0 aliphatic rings. The Morgan fingerprint density at radius 2 is 1.81 bits per heavy atom. The summed E-state index contributed by atoms with van der Waals surface area (Å²) < 4.78 is 31.6. The molecule has 0 fully saturated rings. The monoisotopic (exact) mass is 221 g/mol. The van der Waals surface area contributed by atoms with Crippen LogP contribution in [0.4, 0.5) is 8.78 Å². The Morgan fingerprint density at radius 3 is 2.56 bits per heavy atom. The van der Waals surface area contributed by atoms with Crippen molar-refractivity contribution in [3.05, 3.63) is 48.2 Å². The van der Waals surface area contributed by atoms with Gasteiger partial charge in [0, 0.05) is 17.3 Å². The molecule has 0 saturated heterocycles. The maximum atomic E-state index is 13.5. The van der Waals surface area contributed by atoms with E-state index in [0.29, 0.717) is 5.56 Å². The van der Waals surface area contributed by atoms with Gasteiger partial charge in [-0.15, -0.1) is 0 Å².